The molecule has 0 spiro atoms. The lowest BCUT2D eigenvalue weighted by Gasteiger charge is -2.03. The summed E-state index contributed by atoms with van der Waals surface area (Å²) in [4.78, 5) is 12.1. The Morgan fingerprint density at radius 3 is 2.58 bits per heavy atom. The first-order chi connectivity index (χ1) is 11.7. The summed E-state index contributed by atoms with van der Waals surface area (Å²) in [5, 5.41) is 6.73. The molecule has 2 aromatic carbocycles. The molecule has 1 amide bonds. The first-order valence-electron chi connectivity index (χ1n) is 7.77. The van der Waals surface area contributed by atoms with E-state index in [1.807, 2.05) is 42.5 Å². The number of aryl methyl sites for hydroxylation is 1. The molecule has 0 saturated heterocycles. The molecule has 3 aromatic rings. The highest BCUT2D eigenvalue weighted by Gasteiger charge is 2.13. The molecule has 0 saturated carbocycles. The van der Waals surface area contributed by atoms with Crippen LogP contribution in [-0.4, -0.2) is 17.6 Å². The van der Waals surface area contributed by atoms with Gasteiger partial charge in [0.05, 0.1) is 0 Å². The molecule has 0 radical (unpaired) electrons. The number of amides is 1. The minimum atomic E-state index is -0.213. The quantitative estimate of drug-likeness (QED) is 0.637. The number of carbonyl (C=O) groups excluding carboxylic acids is 1. The van der Waals surface area contributed by atoms with Crippen LogP contribution >= 0.6 is 15.9 Å². The van der Waals surface area contributed by atoms with Crippen LogP contribution in [0.1, 0.15) is 22.5 Å². The van der Waals surface area contributed by atoms with Crippen molar-refractivity contribution in [2.24, 2.45) is 0 Å². The molecule has 3 rings (SSSR count). The Hall–Kier alpha value is -2.40. The molecule has 0 aliphatic heterocycles. The van der Waals surface area contributed by atoms with Crippen molar-refractivity contribution in [2.75, 3.05) is 6.54 Å². The fourth-order valence-electron chi connectivity index (χ4n) is 2.36. The van der Waals surface area contributed by atoms with Gasteiger partial charge in [-0.3, -0.25) is 4.79 Å². The van der Waals surface area contributed by atoms with Crippen LogP contribution in [0.4, 0.5) is 0 Å². The average molecular weight is 385 g/mol. The number of nitrogens with one attached hydrogen (secondary N) is 1. The van der Waals surface area contributed by atoms with E-state index in [4.69, 9.17) is 4.52 Å². The molecule has 1 heterocycles. The zero-order chi connectivity index (χ0) is 16.8. The number of hydrogen-bond donors (Lipinski definition) is 1. The van der Waals surface area contributed by atoms with Crippen molar-refractivity contribution >= 4 is 21.8 Å². The SMILES string of the molecule is O=C(NCCCc1ccccc1)c1cc(-c2ccc(Br)cc2)on1. The number of aromatic nitrogens is 1. The minimum absolute atomic E-state index is 0.213. The number of nitrogens with zero attached hydrogens (tertiary/aromatic N) is 1. The summed E-state index contributed by atoms with van der Waals surface area (Å²) in [6, 6.07) is 19.5. The van der Waals surface area contributed by atoms with E-state index >= 15 is 0 Å². The third kappa shape index (κ3) is 4.32. The van der Waals surface area contributed by atoms with Gasteiger partial charge in [-0.25, -0.2) is 0 Å². The normalized spacial score (nSPS) is 10.5. The van der Waals surface area contributed by atoms with Gasteiger partial charge in [0.25, 0.3) is 5.91 Å². The molecule has 0 aliphatic carbocycles. The Bertz CT molecular complexity index is 798. The van der Waals surface area contributed by atoms with E-state index in [9.17, 15) is 4.79 Å². The Morgan fingerprint density at radius 1 is 1.08 bits per heavy atom. The molecule has 0 aliphatic rings. The summed E-state index contributed by atoms with van der Waals surface area (Å²) in [6.07, 6.45) is 1.82. The average Bonchev–Trinajstić information content (AvgIpc) is 3.10. The van der Waals surface area contributed by atoms with Crippen LogP contribution in [0.5, 0.6) is 0 Å². The van der Waals surface area contributed by atoms with Gasteiger partial charge in [-0.2, -0.15) is 0 Å². The van der Waals surface area contributed by atoms with Gasteiger partial charge in [-0.15, -0.1) is 0 Å². The van der Waals surface area contributed by atoms with E-state index < -0.39 is 0 Å². The van der Waals surface area contributed by atoms with Gasteiger partial charge < -0.3 is 9.84 Å². The van der Waals surface area contributed by atoms with Crippen molar-refractivity contribution in [3.05, 3.63) is 76.4 Å². The Morgan fingerprint density at radius 2 is 1.83 bits per heavy atom. The lowest BCUT2D eigenvalue weighted by atomic mass is 10.1. The van der Waals surface area contributed by atoms with Gasteiger partial charge in [-0.1, -0.05) is 63.6 Å². The van der Waals surface area contributed by atoms with Crippen LogP contribution in [0, 0.1) is 0 Å². The number of benzene rings is 2. The molecule has 0 bridgehead atoms. The molecule has 0 atom stereocenters. The number of hydrogen-bond acceptors (Lipinski definition) is 3. The first kappa shape index (κ1) is 16.5. The summed E-state index contributed by atoms with van der Waals surface area (Å²) in [7, 11) is 0. The number of halogens is 1. The third-order valence-electron chi connectivity index (χ3n) is 3.64. The van der Waals surface area contributed by atoms with Crippen molar-refractivity contribution in [3.63, 3.8) is 0 Å². The topological polar surface area (TPSA) is 55.1 Å². The number of rotatable bonds is 6. The van der Waals surface area contributed by atoms with Gasteiger partial charge >= 0.3 is 0 Å². The summed E-state index contributed by atoms with van der Waals surface area (Å²) in [5.74, 6) is 0.368. The second-order valence-electron chi connectivity index (χ2n) is 5.43. The first-order valence-corrected chi connectivity index (χ1v) is 8.56. The molecular formula is C19H17BrN2O2. The maximum absolute atomic E-state index is 12.1. The zero-order valence-electron chi connectivity index (χ0n) is 13.0. The van der Waals surface area contributed by atoms with E-state index in [0.29, 0.717) is 18.0 Å². The predicted molar refractivity (Wildman–Crippen MR) is 96.7 cm³/mol. The van der Waals surface area contributed by atoms with Crippen LogP contribution in [0.2, 0.25) is 0 Å². The second-order valence-corrected chi connectivity index (χ2v) is 6.34. The highest BCUT2D eigenvalue weighted by molar-refractivity contribution is 9.10. The lowest BCUT2D eigenvalue weighted by molar-refractivity contribution is 0.0944. The van der Waals surface area contributed by atoms with Crippen molar-refractivity contribution in [1.82, 2.24) is 10.5 Å². The van der Waals surface area contributed by atoms with Gasteiger partial charge in [0.2, 0.25) is 0 Å². The molecule has 0 unspecified atom stereocenters. The van der Waals surface area contributed by atoms with Crippen molar-refractivity contribution in [1.29, 1.82) is 0 Å². The molecule has 4 nitrogen and oxygen atoms in total. The van der Waals surface area contributed by atoms with E-state index in [1.165, 1.54) is 5.56 Å². The molecule has 1 N–H and O–H groups in total. The van der Waals surface area contributed by atoms with Crippen LogP contribution in [0.3, 0.4) is 0 Å². The minimum Gasteiger partial charge on any atom is -0.355 e. The van der Waals surface area contributed by atoms with Gasteiger partial charge in [0, 0.05) is 22.6 Å². The Labute approximate surface area is 149 Å². The largest absolute Gasteiger partial charge is 0.355 e. The summed E-state index contributed by atoms with van der Waals surface area (Å²) in [6.45, 7) is 0.605. The van der Waals surface area contributed by atoms with E-state index in [-0.39, 0.29) is 5.91 Å². The molecule has 0 fully saturated rings. The van der Waals surface area contributed by atoms with Crippen molar-refractivity contribution in [2.45, 2.75) is 12.8 Å². The molecular weight excluding hydrogens is 368 g/mol. The van der Waals surface area contributed by atoms with E-state index in [2.05, 4.69) is 38.5 Å². The highest BCUT2D eigenvalue weighted by Crippen LogP contribution is 2.22. The third-order valence-corrected chi connectivity index (χ3v) is 4.17. The zero-order valence-corrected chi connectivity index (χ0v) is 14.6. The number of carbonyl (C=O) groups is 1. The lowest BCUT2D eigenvalue weighted by Crippen LogP contribution is -2.25. The smallest absolute Gasteiger partial charge is 0.273 e. The van der Waals surface area contributed by atoms with Crippen LogP contribution in [0.15, 0.2) is 69.7 Å². The molecule has 122 valence electrons. The fourth-order valence-corrected chi connectivity index (χ4v) is 2.63. The second kappa shape index (κ2) is 7.93. The van der Waals surface area contributed by atoms with Crippen molar-refractivity contribution in [3.8, 4) is 11.3 Å². The van der Waals surface area contributed by atoms with Gasteiger partial charge in [0.1, 0.15) is 0 Å². The molecule has 5 heteroatoms. The summed E-state index contributed by atoms with van der Waals surface area (Å²) < 4.78 is 6.25. The van der Waals surface area contributed by atoms with Crippen LogP contribution in [-0.2, 0) is 6.42 Å². The van der Waals surface area contributed by atoms with Gasteiger partial charge in [-0.05, 0) is 30.5 Å². The van der Waals surface area contributed by atoms with E-state index in [1.54, 1.807) is 6.07 Å². The highest BCUT2D eigenvalue weighted by atomic mass is 79.9. The monoisotopic (exact) mass is 384 g/mol. The summed E-state index contributed by atoms with van der Waals surface area (Å²) in [5.41, 5.74) is 2.45. The van der Waals surface area contributed by atoms with Gasteiger partial charge in [0.15, 0.2) is 11.5 Å². The standard InChI is InChI=1S/C19H17BrN2O2/c20-16-10-8-15(9-11-16)18-13-17(22-24-18)19(23)21-12-4-7-14-5-2-1-3-6-14/h1-3,5-6,8-11,13H,4,7,12H2,(H,21,23). The van der Waals surface area contributed by atoms with Crippen LogP contribution < -0.4 is 5.32 Å². The molecule has 24 heavy (non-hydrogen) atoms. The van der Waals surface area contributed by atoms with Crippen LogP contribution in [0.25, 0.3) is 11.3 Å². The Kier molecular flexibility index (Phi) is 5.43. The van der Waals surface area contributed by atoms with E-state index in [0.717, 1.165) is 22.9 Å². The fraction of sp³-hybridized carbons (Fsp3) is 0.158. The predicted octanol–water partition coefficient (Wildman–Crippen LogP) is 4.47. The summed E-state index contributed by atoms with van der Waals surface area (Å²) >= 11 is 3.39. The maximum Gasteiger partial charge on any atom is 0.273 e. The Balaban J connectivity index is 1.51. The molecule has 1 aromatic heterocycles. The maximum atomic E-state index is 12.1. The van der Waals surface area contributed by atoms with Crippen molar-refractivity contribution < 1.29 is 9.32 Å².